The van der Waals surface area contributed by atoms with Gasteiger partial charge in [-0.1, -0.05) is 54.6 Å². The second-order valence-electron chi connectivity index (χ2n) is 5.89. The third-order valence-corrected chi connectivity index (χ3v) is 5.53. The molecule has 4 aromatic rings. The van der Waals surface area contributed by atoms with Gasteiger partial charge in [0.05, 0.1) is 0 Å². The van der Waals surface area contributed by atoms with Gasteiger partial charge in [-0.2, -0.15) is 0 Å². The van der Waals surface area contributed by atoms with Crippen LogP contribution in [0.25, 0.3) is 37.0 Å². The van der Waals surface area contributed by atoms with Gasteiger partial charge in [0.15, 0.2) is 0 Å². The van der Waals surface area contributed by atoms with Gasteiger partial charge in [-0.05, 0) is 34.9 Å². The summed E-state index contributed by atoms with van der Waals surface area (Å²) in [6.45, 7) is 0. The number of hydrogen-bond donors (Lipinski definition) is 1. The van der Waals surface area contributed by atoms with E-state index < -0.39 is 0 Å². The lowest BCUT2D eigenvalue weighted by Gasteiger charge is -2.07. The molecule has 3 aromatic carbocycles. The minimum atomic E-state index is 0.718. The molecule has 122 valence electrons. The molecule has 0 bridgehead atoms. The van der Waals surface area contributed by atoms with Crippen molar-refractivity contribution >= 4 is 43.4 Å². The van der Waals surface area contributed by atoms with Crippen LogP contribution in [0.1, 0.15) is 5.56 Å². The Morgan fingerprint density at radius 1 is 0.960 bits per heavy atom. The third kappa shape index (κ3) is 2.83. The van der Waals surface area contributed by atoms with Crippen LogP contribution in [-0.2, 0) is 0 Å². The first-order chi connectivity index (χ1) is 12.3. The normalized spacial score (nSPS) is 12.4. The number of nitrogens with zero attached hydrogens (tertiary/aromatic N) is 1. The van der Waals surface area contributed by atoms with Crippen molar-refractivity contribution in [2.75, 3.05) is 7.05 Å². The molecule has 0 fully saturated rings. The summed E-state index contributed by atoms with van der Waals surface area (Å²) in [5, 5.41) is 2.63. The Labute approximate surface area is 150 Å². The molecule has 0 unspecified atom stereocenters. The number of fused-ring (bicyclic) bond motifs is 3. The van der Waals surface area contributed by atoms with E-state index in [1.54, 1.807) is 13.3 Å². The highest BCUT2D eigenvalue weighted by Crippen LogP contribution is 2.39. The summed E-state index contributed by atoms with van der Waals surface area (Å²) >= 11 is 1.84. The average Bonchev–Trinajstić information content (AvgIpc) is 3.05. The SMILES string of the molecule is CN=CC=C(N)c1cccc(-c2cccc3c2sc2ccccc23)c1. The molecule has 0 atom stereocenters. The molecule has 0 aliphatic heterocycles. The Morgan fingerprint density at radius 3 is 2.64 bits per heavy atom. The molecule has 0 radical (unpaired) electrons. The predicted octanol–water partition coefficient (Wildman–Crippen LogP) is 5.72. The second kappa shape index (κ2) is 6.54. The second-order valence-corrected chi connectivity index (χ2v) is 6.94. The number of nitrogens with two attached hydrogens (primary N) is 1. The lowest BCUT2D eigenvalue weighted by molar-refractivity contribution is 1.47. The van der Waals surface area contributed by atoms with Crippen molar-refractivity contribution in [3.63, 3.8) is 0 Å². The topological polar surface area (TPSA) is 38.4 Å². The number of aliphatic imine (C=N–C) groups is 1. The minimum Gasteiger partial charge on any atom is -0.398 e. The van der Waals surface area contributed by atoms with Gasteiger partial charge >= 0.3 is 0 Å². The van der Waals surface area contributed by atoms with E-state index in [0.29, 0.717) is 0 Å². The molecule has 0 saturated heterocycles. The Kier molecular flexibility index (Phi) is 4.08. The first-order valence-corrected chi connectivity index (χ1v) is 8.98. The number of allylic oxidation sites excluding steroid dienone is 1. The van der Waals surface area contributed by atoms with Gasteiger partial charge in [0.2, 0.25) is 0 Å². The first kappa shape index (κ1) is 15.6. The lowest BCUT2D eigenvalue weighted by Crippen LogP contribution is -1.96. The quantitative estimate of drug-likeness (QED) is 0.475. The highest BCUT2D eigenvalue weighted by atomic mass is 32.1. The molecule has 2 N–H and O–H groups in total. The molecule has 0 amide bonds. The fraction of sp³-hybridized carbons (Fsp3) is 0.0455. The van der Waals surface area contributed by atoms with Crippen molar-refractivity contribution in [2.45, 2.75) is 0 Å². The Hall–Kier alpha value is -2.91. The molecule has 1 aromatic heterocycles. The lowest BCUT2D eigenvalue weighted by atomic mass is 10.00. The molecular formula is C22H18N2S. The summed E-state index contributed by atoms with van der Waals surface area (Å²) in [4.78, 5) is 3.97. The van der Waals surface area contributed by atoms with Crippen LogP contribution in [0.3, 0.4) is 0 Å². The van der Waals surface area contributed by atoms with Crippen LogP contribution in [0.2, 0.25) is 0 Å². The molecule has 4 rings (SSSR count). The van der Waals surface area contributed by atoms with Crippen molar-refractivity contribution in [3.05, 3.63) is 78.4 Å². The number of benzene rings is 3. The first-order valence-electron chi connectivity index (χ1n) is 8.17. The largest absolute Gasteiger partial charge is 0.398 e. The Bertz CT molecular complexity index is 1120. The molecule has 0 aliphatic rings. The van der Waals surface area contributed by atoms with Gasteiger partial charge in [0.1, 0.15) is 0 Å². The van der Waals surface area contributed by atoms with E-state index in [-0.39, 0.29) is 0 Å². The summed E-state index contributed by atoms with van der Waals surface area (Å²) in [7, 11) is 1.74. The van der Waals surface area contributed by atoms with Crippen molar-refractivity contribution in [1.29, 1.82) is 0 Å². The van der Waals surface area contributed by atoms with Gasteiger partial charge < -0.3 is 5.73 Å². The molecule has 0 saturated carbocycles. The number of thiophene rings is 1. The molecule has 0 spiro atoms. The molecule has 2 nitrogen and oxygen atoms in total. The van der Waals surface area contributed by atoms with Crippen LogP contribution in [0, 0.1) is 0 Å². The van der Waals surface area contributed by atoms with E-state index in [0.717, 1.165) is 11.3 Å². The van der Waals surface area contributed by atoms with Gasteiger partial charge in [0, 0.05) is 39.1 Å². The fourth-order valence-corrected chi connectivity index (χ4v) is 4.33. The van der Waals surface area contributed by atoms with Crippen molar-refractivity contribution < 1.29 is 0 Å². The summed E-state index contributed by atoms with van der Waals surface area (Å²) < 4.78 is 2.64. The van der Waals surface area contributed by atoms with E-state index in [1.807, 2.05) is 23.5 Å². The maximum Gasteiger partial charge on any atom is 0.0433 e. The summed E-state index contributed by atoms with van der Waals surface area (Å²) in [6.07, 6.45) is 3.55. The molecule has 3 heteroatoms. The zero-order valence-electron chi connectivity index (χ0n) is 13.9. The van der Waals surface area contributed by atoms with Crippen LogP contribution >= 0.6 is 11.3 Å². The zero-order valence-corrected chi connectivity index (χ0v) is 14.8. The fourth-order valence-electron chi connectivity index (χ4n) is 3.09. The van der Waals surface area contributed by atoms with E-state index in [2.05, 4.69) is 65.7 Å². The van der Waals surface area contributed by atoms with E-state index >= 15 is 0 Å². The average molecular weight is 342 g/mol. The van der Waals surface area contributed by atoms with E-state index in [1.165, 1.54) is 31.3 Å². The van der Waals surface area contributed by atoms with Crippen LogP contribution in [-0.4, -0.2) is 13.3 Å². The molecule has 0 aliphatic carbocycles. The van der Waals surface area contributed by atoms with Crippen molar-refractivity contribution in [2.24, 2.45) is 10.7 Å². The Balaban J connectivity index is 1.90. The summed E-state index contributed by atoms with van der Waals surface area (Å²) in [6, 6.07) is 23.5. The van der Waals surface area contributed by atoms with Crippen molar-refractivity contribution in [3.8, 4) is 11.1 Å². The zero-order chi connectivity index (χ0) is 17.2. The van der Waals surface area contributed by atoms with Gasteiger partial charge in [0.25, 0.3) is 0 Å². The van der Waals surface area contributed by atoms with Gasteiger partial charge in [-0.25, -0.2) is 0 Å². The number of rotatable bonds is 3. The minimum absolute atomic E-state index is 0.718. The Morgan fingerprint density at radius 2 is 1.76 bits per heavy atom. The maximum atomic E-state index is 6.17. The van der Waals surface area contributed by atoms with Crippen LogP contribution in [0.5, 0.6) is 0 Å². The molecule has 25 heavy (non-hydrogen) atoms. The van der Waals surface area contributed by atoms with Crippen molar-refractivity contribution in [1.82, 2.24) is 0 Å². The monoisotopic (exact) mass is 342 g/mol. The summed E-state index contributed by atoms with van der Waals surface area (Å²) in [5.41, 5.74) is 10.3. The van der Waals surface area contributed by atoms with Crippen LogP contribution < -0.4 is 5.73 Å². The standard InChI is InChI=1S/C22H18N2S/c1-24-13-12-20(23)16-7-4-6-15(14-16)17-9-5-10-19-18-8-2-3-11-21(18)25-22(17)19/h2-14H,23H2,1H3. The highest BCUT2D eigenvalue weighted by Gasteiger charge is 2.10. The maximum absolute atomic E-state index is 6.17. The molecule has 1 heterocycles. The molecular weight excluding hydrogens is 324 g/mol. The number of hydrogen-bond acceptors (Lipinski definition) is 3. The summed E-state index contributed by atoms with van der Waals surface area (Å²) in [5.74, 6) is 0. The third-order valence-electron chi connectivity index (χ3n) is 4.31. The van der Waals surface area contributed by atoms with E-state index in [4.69, 9.17) is 5.73 Å². The van der Waals surface area contributed by atoms with Crippen LogP contribution in [0.15, 0.2) is 77.8 Å². The van der Waals surface area contributed by atoms with Gasteiger partial charge in [-0.15, -0.1) is 11.3 Å². The van der Waals surface area contributed by atoms with Gasteiger partial charge in [-0.3, -0.25) is 4.99 Å². The van der Waals surface area contributed by atoms with E-state index in [9.17, 15) is 0 Å². The predicted molar refractivity (Wildman–Crippen MR) is 111 cm³/mol. The smallest absolute Gasteiger partial charge is 0.0433 e. The highest BCUT2D eigenvalue weighted by molar-refractivity contribution is 7.26. The van der Waals surface area contributed by atoms with Crippen LogP contribution in [0.4, 0.5) is 0 Å².